The van der Waals surface area contributed by atoms with E-state index in [4.69, 9.17) is 5.73 Å². The van der Waals surface area contributed by atoms with Crippen molar-refractivity contribution in [2.75, 3.05) is 19.6 Å². The van der Waals surface area contributed by atoms with Crippen LogP contribution in [0, 0.1) is 5.82 Å². The number of amides is 2. The molecule has 2 rings (SSSR count). The van der Waals surface area contributed by atoms with Gasteiger partial charge in [0, 0.05) is 30.5 Å². The van der Waals surface area contributed by atoms with Crippen molar-refractivity contribution in [2.45, 2.75) is 12.8 Å². The van der Waals surface area contributed by atoms with Gasteiger partial charge in [-0.3, -0.25) is 9.59 Å². The largest absolute Gasteiger partial charge is 0.352 e. The zero-order chi connectivity index (χ0) is 17.4. The Morgan fingerprint density at radius 3 is 2.46 bits per heavy atom. The lowest BCUT2D eigenvalue weighted by Gasteiger charge is -2.06. The maximum absolute atomic E-state index is 12.8. The summed E-state index contributed by atoms with van der Waals surface area (Å²) in [7, 11) is 0. The van der Waals surface area contributed by atoms with Gasteiger partial charge < -0.3 is 16.4 Å². The zero-order valence-electron chi connectivity index (χ0n) is 13.0. The average Bonchev–Trinajstić information content (AvgIpc) is 3.04. The average molecular weight is 350 g/mol. The summed E-state index contributed by atoms with van der Waals surface area (Å²) >= 11 is 1.41. The number of benzene rings is 1. The van der Waals surface area contributed by atoms with Crippen LogP contribution in [0.4, 0.5) is 4.39 Å². The van der Waals surface area contributed by atoms with Gasteiger partial charge >= 0.3 is 0 Å². The van der Waals surface area contributed by atoms with Gasteiger partial charge in [0.25, 0.3) is 11.8 Å². The summed E-state index contributed by atoms with van der Waals surface area (Å²) in [5.41, 5.74) is 6.23. The number of halogens is 1. The van der Waals surface area contributed by atoms with Crippen molar-refractivity contribution in [1.29, 1.82) is 0 Å². The number of carbonyl (C=O) groups is 2. The minimum Gasteiger partial charge on any atom is -0.352 e. The summed E-state index contributed by atoms with van der Waals surface area (Å²) < 4.78 is 12.8. The van der Waals surface area contributed by atoms with Crippen LogP contribution in [0.1, 0.15) is 32.3 Å². The Morgan fingerprint density at radius 1 is 1.12 bits per heavy atom. The molecule has 0 aliphatic carbocycles. The molecule has 0 saturated carbocycles. The highest BCUT2D eigenvalue weighted by atomic mass is 32.1. The first kappa shape index (κ1) is 18.0. The van der Waals surface area contributed by atoms with Gasteiger partial charge in [-0.25, -0.2) is 9.37 Å². The summed E-state index contributed by atoms with van der Waals surface area (Å²) in [6.07, 6.45) is 1.24. The standard InChI is InChI=1S/C16H19FN4O2S/c17-12-4-2-11(3-5-12)15(22)19-8-1-9-20-16(23)13-10-24-14(21-13)6-7-18/h2-5,10H,1,6-9,18H2,(H,19,22)(H,20,23). The zero-order valence-corrected chi connectivity index (χ0v) is 13.9. The van der Waals surface area contributed by atoms with E-state index in [1.165, 1.54) is 35.6 Å². The molecule has 0 bridgehead atoms. The highest BCUT2D eigenvalue weighted by molar-refractivity contribution is 7.09. The first-order chi connectivity index (χ1) is 11.6. The lowest BCUT2D eigenvalue weighted by Crippen LogP contribution is -2.30. The molecule has 0 radical (unpaired) electrons. The van der Waals surface area contributed by atoms with Crippen LogP contribution < -0.4 is 16.4 Å². The number of nitrogens with one attached hydrogen (secondary N) is 2. The summed E-state index contributed by atoms with van der Waals surface area (Å²) in [6, 6.07) is 5.32. The topological polar surface area (TPSA) is 97.1 Å². The second-order valence-corrected chi connectivity index (χ2v) is 5.98. The van der Waals surface area contributed by atoms with Gasteiger partial charge in [0.1, 0.15) is 11.5 Å². The van der Waals surface area contributed by atoms with Crippen LogP contribution in [-0.2, 0) is 6.42 Å². The molecule has 8 heteroatoms. The molecule has 0 aliphatic rings. The van der Waals surface area contributed by atoms with Crippen molar-refractivity contribution in [3.63, 3.8) is 0 Å². The lowest BCUT2D eigenvalue weighted by molar-refractivity contribution is 0.0948. The summed E-state index contributed by atoms with van der Waals surface area (Å²) in [5, 5.41) is 8.01. The fourth-order valence-electron chi connectivity index (χ4n) is 1.94. The fourth-order valence-corrected chi connectivity index (χ4v) is 2.73. The second-order valence-electron chi connectivity index (χ2n) is 5.04. The number of hydrogen-bond acceptors (Lipinski definition) is 5. The lowest BCUT2D eigenvalue weighted by atomic mass is 10.2. The monoisotopic (exact) mass is 350 g/mol. The van der Waals surface area contributed by atoms with Crippen molar-refractivity contribution >= 4 is 23.2 Å². The van der Waals surface area contributed by atoms with E-state index in [2.05, 4.69) is 15.6 Å². The molecule has 6 nitrogen and oxygen atoms in total. The van der Waals surface area contributed by atoms with Gasteiger partial charge in [-0.05, 0) is 37.2 Å². The van der Waals surface area contributed by atoms with E-state index >= 15 is 0 Å². The number of nitrogens with two attached hydrogens (primary N) is 1. The molecule has 0 saturated heterocycles. The Morgan fingerprint density at radius 2 is 1.79 bits per heavy atom. The van der Waals surface area contributed by atoms with E-state index in [9.17, 15) is 14.0 Å². The molecular weight excluding hydrogens is 331 g/mol. The molecule has 128 valence electrons. The van der Waals surface area contributed by atoms with Gasteiger partial charge in [-0.2, -0.15) is 0 Å². The van der Waals surface area contributed by atoms with Crippen molar-refractivity contribution in [3.8, 4) is 0 Å². The number of thiazole rings is 1. The molecule has 0 aliphatic heterocycles. The molecule has 2 aromatic rings. The van der Waals surface area contributed by atoms with E-state index in [0.29, 0.717) is 43.7 Å². The van der Waals surface area contributed by atoms with Gasteiger partial charge in [0.05, 0.1) is 5.01 Å². The molecule has 1 aromatic heterocycles. The first-order valence-electron chi connectivity index (χ1n) is 7.56. The maximum atomic E-state index is 12.8. The van der Waals surface area contributed by atoms with Gasteiger partial charge in [-0.1, -0.05) is 0 Å². The van der Waals surface area contributed by atoms with Crippen LogP contribution in [0.25, 0.3) is 0 Å². The smallest absolute Gasteiger partial charge is 0.270 e. The van der Waals surface area contributed by atoms with E-state index in [0.717, 1.165) is 5.01 Å². The number of nitrogens with zero attached hydrogens (tertiary/aromatic N) is 1. The fraction of sp³-hybridized carbons (Fsp3) is 0.312. The van der Waals surface area contributed by atoms with Crippen LogP contribution in [0.2, 0.25) is 0 Å². The predicted molar refractivity (Wildman–Crippen MR) is 90.6 cm³/mol. The molecule has 0 atom stereocenters. The number of hydrogen-bond donors (Lipinski definition) is 3. The van der Waals surface area contributed by atoms with Crippen LogP contribution in [0.5, 0.6) is 0 Å². The molecule has 4 N–H and O–H groups in total. The number of carbonyl (C=O) groups excluding carboxylic acids is 2. The van der Waals surface area contributed by atoms with Crippen molar-refractivity contribution in [2.24, 2.45) is 5.73 Å². The SMILES string of the molecule is NCCc1nc(C(=O)NCCCNC(=O)c2ccc(F)cc2)cs1. The second kappa shape index (κ2) is 9.09. The van der Waals surface area contributed by atoms with E-state index in [1.807, 2.05) is 0 Å². The predicted octanol–water partition coefficient (Wildman–Crippen LogP) is 1.33. The maximum Gasteiger partial charge on any atom is 0.270 e. The van der Waals surface area contributed by atoms with Crippen LogP contribution in [0.15, 0.2) is 29.6 Å². The summed E-state index contributed by atoms with van der Waals surface area (Å²) in [4.78, 5) is 27.9. The van der Waals surface area contributed by atoms with Gasteiger partial charge in [0.2, 0.25) is 0 Å². The van der Waals surface area contributed by atoms with Crippen molar-refractivity contribution in [3.05, 3.63) is 51.7 Å². The minimum atomic E-state index is -0.383. The van der Waals surface area contributed by atoms with Crippen LogP contribution in [0.3, 0.4) is 0 Å². The molecule has 2 amide bonds. The third-order valence-electron chi connectivity index (χ3n) is 3.17. The summed E-state index contributed by atoms with van der Waals surface area (Å²) in [5.74, 6) is -0.891. The van der Waals surface area contributed by atoms with Crippen LogP contribution in [-0.4, -0.2) is 36.4 Å². The molecule has 0 spiro atoms. The van der Waals surface area contributed by atoms with Crippen molar-refractivity contribution in [1.82, 2.24) is 15.6 Å². The molecule has 1 heterocycles. The Balaban J connectivity index is 1.66. The third kappa shape index (κ3) is 5.39. The molecule has 24 heavy (non-hydrogen) atoms. The van der Waals surface area contributed by atoms with Gasteiger partial charge in [-0.15, -0.1) is 11.3 Å². The number of rotatable bonds is 8. The Labute approximate surface area is 143 Å². The highest BCUT2D eigenvalue weighted by Gasteiger charge is 2.10. The summed E-state index contributed by atoms with van der Waals surface area (Å²) in [6.45, 7) is 1.33. The molecule has 0 fully saturated rings. The quantitative estimate of drug-likeness (QED) is 0.626. The first-order valence-corrected chi connectivity index (χ1v) is 8.44. The number of aromatic nitrogens is 1. The Hall–Kier alpha value is -2.32. The van der Waals surface area contributed by atoms with Gasteiger partial charge in [0.15, 0.2) is 0 Å². The third-order valence-corrected chi connectivity index (χ3v) is 4.08. The van der Waals surface area contributed by atoms with Crippen LogP contribution >= 0.6 is 11.3 Å². The van der Waals surface area contributed by atoms with E-state index in [-0.39, 0.29) is 17.6 Å². The van der Waals surface area contributed by atoms with Crippen molar-refractivity contribution < 1.29 is 14.0 Å². The van der Waals surface area contributed by atoms with E-state index < -0.39 is 0 Å². The molecule has 1 aromatic carbocycles. The van der Waals surface area contributed by atoms with E-state index in [1.54, 1.807) is 5.38 Å². The molecule has 0 unspecified atom stereocenters. The minimum absolute atomic E-state index is 0.237. The highest BCUT2D eigenvalue weighted by Crippen LogP contribution is 2.09. The Kier molecular flexibility index (Phi) is 6.83. The normalized spacial score (nSPS) is 10.4. The Bertz CT molecular complexity index is 688. The molecular formula is C16H19FN4O2S.